The molecule has 0 aliphatic carbocycles. The maximum Gasteiger partial charge on any atom is 0.250 e. The highest BCUT2D eigenvalue weighted by Gasteiger charge is 2.38. The van der Waals surface area contributed by atoms with Gasteiger partial charge in [0.25, 0.3) is 0 Å². The topological polar surface area (TPSA) is 18.5 Å². The molecule has 0 saturated heterocycles. The SMILES string of the molecule is CC(C)(C)[Si](C)(C)Oc1ccc(CC[C@H]2CCC=CO2)cc1. The highest BCUT2D eigenvalue weighted by molar-refractivity contribution is 6.74. The van der Waals surface area contributed by atoms with Gasteiger partial charge in [-0.15, -0.1) is 0 Å². The maximum atomic E-state index is 6.32. The Morgan fingerprint density at radius 2 is 1.86 bits per heavy atom. The van der Waals surface area contributed by atoms with Crippen LogP contribution in [0, 0.1) is 0 Å². The lowest BCUT2D eigenvalue weighted by Crippen LogP contribution is -2.43. The Hall–Kier alpha value is -1.22. The fraction of sp³-hybridized carbons (Fsp3) is 0.579. The van der Waals surface area contributed by atoms with Crippen molar-refractivity contribution in [2.75, 3.05) is 0 Å². The molecule has 1 aliphatic rings. The summed E-state index contributed by atoms with van der Waals surface area (Å²) in [6.45, 7) is 11.4. The van der Waals surface area contributed by atoms with E-state index in [1.54, 1.807) is 0 Å². The van der Waals surface area contributed by atoms with Gasteiger partial charge >= 0.3 is 0 Å². The molecule has 0 aromatic heterocycles. The highest BCUT2D eigenvalue weighted by Crippen LogP contribution is 2.37. The van der Waals surface area contributed by atoms with E-state index in [2.05, 4.69) is 64.2 Å². The van der Waals surface area contributed by atoms with E-state index < -0.39 is 8.32 Å². The van der Waals surface area contributed by atoms with Crippen LogP contribution in [0.15, 0.2) is 36.6 Å². The fourth-order valence-corrected chi connectivity index (χ4v) is 3.33. The Kier molecular flexibility index (Phi) is 5.38. The van der Waals surface area contributed by atoms with E-state index in [0.717, 1.165) is 31.4 Å². The van der Waals surface area contributed by atoms with Crippen molar-refractivity contribution in [2.45, 2.75) is 70.7 Å². The first-order chi connectivity index (χ1) is 10.3. The average Bonchev–Trinajstić information content (AvgIpc) is 2.46. The highest BCUT2D eigenvalue weighted by atomic mass is 28.4. The second kappa shape index (κ2) is 6.91. The smallest absolute Gasteiger partial charge is 0.250 e. The zero-order chi connectivity index (χ0) is 16.2. The number of aryl methyl sites for hydroxylation is 1. The molecule has 0 fully saturated rings. The van der Waals surface area contributed by atoms with Crippen LogP contribution < -0.4 is 4.43 Å². The lowest BCUT2D eigenvalue weighted by molar-refractivity contribution is 0.116. The van der Waals surface area contributed by atoms with Gasteiger partial charge in [-0.2, -0.15) is 0 Å². The second-order valence-electron chi connectivity index (χ2n) is 7.75. The molecule has 0 spiro atoms. The molecular weight excluding hydrogens is 288 g/mol. The Labute approximate surface area is 136 Å². The van der Waals surface area contributed by atoms with Crippen molar-refractivity contribution in [1.29, 1.82) is 0 Å². The number of hydrogen-bond donors (Lipinski definition) is 0. The number of allylic oxidation sites excluding steroid dienone is 1. The molecule has 1 heterocycles. The van der Waals surface area contributed by atoms with Crippen molar-refractivity contribution in [2.24, 2.45) is 0 Å². The molecule has 3 heteroatoms. The van der Waals surface area contributed by atoms with Gasteiger partial charge in [-0.25, -0.2) is 0 Å². The third-order valence-electron chi connectivity index (χ3n) is 4.88. The van der Waals surface area contributed by atoms with Gasteiger partial charge in [-0.05, 0) is 67.6 Å². The van der Waals surface area contributed by atoms with Gasteiger partial charge in [0.15, 0.2) is 0 Å². The van der Waals surface area contributed by atoms with Crippen LogP contribution in [0.2, 0.25) is 18.1 Å². The minimum atomic E-state index is -1.74. The molecule has 0 N–H and O–H groups in total. The first-order valence-corrected chi connectivity index (χ1v) is 11.3. The third-order valence-corrected chi connectivity index (χ3v) is 9.24. The monoisotopic (exact) mass is 318 g/mol. The van der Waals surface area contributed by atoms with E-state index in [1.807, 2.05) is 6.26 Å². The number of benzene rings is 1. The van der Waals surface area contributed by atoms with E-state index >= 15 is 0 Å². The van der Waals surface area contributed by atoms with E-state index in [4.69, 9.17) is 9.16 Å². The summed E-state index contributed by atoms with van der Waals surface area (Å²) < 4.78 is 11.9. The van der Waals surface area contributed by atoms with Crippen LogP contribution in [-0.4, -0.2) is 14.4 Å². The average molecular weight is 319 g/mol. The standard InChI is InChI=1S/C19H30O2Si/c1-19(2,3)22(4,5)21-18-13-10-16(11-14-18)9-12-17-8-6-7-15-20-17/h7,10-11,13-15,17H,6,8-9,12H2,1-5H3/t17-/m1/s1. The zero-order valence-corrected chi connectivity index (χ0v) is 15.7. The van der Waals surface area contributed by atoms with Crippen molar-refractivity contribution < 1.29 is 9.16 Å². The quantitative estimate of drug-likeness (QED) is 0.649. The summed E-state index contributed by atoms with van der Waals surface area (Å²) in [4.78, 5) is 0. The van der Waals surface area contributed by atoms with E-state index in [0.29, 0.717) is 6.10 Å². The molecule has 0 radical (unpaired) electrons. The molecule has 2 rings (SSSR count). The Balaban J connectivity index is 1.89. The molecule has 1 aromatic carbocycles. The minimum Gasteiger partial charge on any atom is -0.544 e. The molecule has 22 heavy (non-hydrogen) atoms. The Morgan fingerprint density at radius 3 is 2.41 bits per heavy atom. The van der Waals surface area contributed by atoms with Crippen molar-refractivity contribution in [3.8, 4) is 5.75 Å². The van der Waals surface area contributed by atoms with Gasteiger partial charge < -0.3 is 9.16 Å². The summed E-state index contributed by atoms with van der Waals surface area (Å²) in [6, 6.07) is 8.64. The predicted molar refractivity (Wildman–Crippen MR) is 95.8 cm³/mol. The predicted octanol–water partition coefficient (Wildman–Crippen LogP) is 5.70. The molecule has 0 bridgehead atoms. The number of ether oxygens (including phenoxy) is 1. The lowest BCUT2D eigenvalue weighted by Gasteiger charge is -2.36. The molecular formula is C19H30O2Si. The number of rotatable bonds is 5. The molecule has 0 saturated carbocycles. The summed E-state index contributed by atoms with van der Waals surface area (Å²) in [5, 5.41) is 0.234. The summed E-state index contributed by atoms with van der Waals surface area (Å²) in [5.74, 6) is 1.01. The molecule has 122 valence electrons. The normalized spacial score (nSPS) is 18.9. The summed E-state index contributed by atoms with van der Waals surface area (Å²) >= 11 is 0. The summed E-state index contributed by atoms with van der Waals surface area (Å²) in [7, 11) is -1.74. The van der Waals surface area contributed by atoms with Crippen LogP contribution in [-0.2, 0) is 11.2 Å². The Morgan fingerprint density at radius 1 is 1.18 bits per heavy atom. The van der Waals surface area contributed by atoms with Crippen LogP contribution in [0.1, 0.15) is 45.6 Å². The first-order valence-electron chi connectivity index (χ1n) is 8.36. The molecule has 1 aliphatic heterocycles. The van der Waals surface area contributed by atoms with E-state index in [-0.39, 0.29) is 5.04 Å². The van der Waals surface area contributed by atoms with Gasteiger partial charge in [0.2, 0.25) is 8.32 Å². The molecule has 2 nitrogen and oxygen atoms in total. The summed E-state index contributed by atoms with van der Waals surface area (Å²) in [5.41, 5.74) is 1.36. The lowest BCUT2D eigenvalue weighted by atomic mass is 10.0. The zero-order valence-electron chi connectivity index (χ0n) is 14.7. The van der Waals surface area contributed by atoms with Gasteiger partial charge in [-0.1, -0.05) is 32.9 Å². The van der Waals surface area contributed by atoms with Crippen LogP contribution >= 0.6 is 0 Å². The van der Waals surface area contributed by atoms with Crippen molar-refractivity contribution in [3.05, 3.63) is 42.2 Å². The fourth-order valence-electron chi connectivity index (χ4n) is 2.30. The van der Waals surface area contributed by atoms with Gasteiger partial charge in [0.1, 0.15) is 5.75 Å². The molecule has 1 aromatic rings. The van der Waals surface area contributed by atoms with Crippen molar-refractivity contribution in [1.82, 2.24) is 0 Å². The van der Waals surface area contributed by atoms with Crippen LogP contribution in [0.3, 0.4) is 0 Å². The van der Waals surface area contributed by atoms with Crippen molar-refractivity contribution >= 4 is 8.32 Å². The van der Waals surface area contributed by atoms with Crippen LogP contribution in [0.25, 0.3) is 0 Å². The van der Waals surface area contributed by atoms with Crippen LogP contribution in [0.4, 0.5) is 0 Å². The minimum absolute atomic E-state index is 0.234. The van der Waals surface area contributed by atoms with Gasteiger partial charge in [0, 0.05) is 0 Å². The largest absolute Gasteiger partial charge is 0.544 e. The van der Waals surface area contributed by atoms with E-state index in [1.165, 1.54) is 5.56 Å². The molecule has 1 atom stereocenters. The number of hydrogen-bond acceptors (Lipinski definition) is 2. The van der Waals surface area contributed by atoms with Gasteiger partial charge in [0.05, 0.1) is 12.4 Å². The van der Waals surface area contributed by atoms with Crippen molar-refractivity contribution in [3.63, 3.8) is 0 Å². The molecule has 0 amide bonds. The first kappa shape index (κ1) is 17.1. The Bertz CT molecular complexity index is 497. The molecule has 0 unspecified atom stereocenters. The summed E-state index contributed by atoms with van der Waals surface area (Å²) in [6.07, 6.45) is 8.78. The third kappa shape index (κ3) is 4.64. The van der Waals surface area contributed by atoms with E-state index in [9.17, 15) is 0 Å². The maximum absolute atomic E-state index is 6.32. The van der Waals surface area contributed by atoms with Gasteiger partial charge in [-0.3, -0.25) is 0 Å². The van der Waals surface area contributed by atoms with Crippen LogP contribution in [0.5, 0.6) is 5.75 Å². The second-order valence-corrected chi connectivity index (χ2v) is 12.5.